The number of rotatable bonds is 1. The van der Waals surface area contributed by atoms with Gasteiger partial charge in [-0.25, -0.2) is 0 Å². The molecule has 4 nitrogen and oxygen atoms in total. The maximum absolute atomic E-state index is 11.2. The first-order chi connectivity index (χ1) is 7.16. The quantitative estimate of drug-likeness (QED) is 0.589. The number of hydrogen-bond acceptors (Lipinski definition) is 2. The molecule has 0 aliphatic carbocycles. The van der Waals surface area contributed by atoms with Crippen molar-refractivity contribution in [2.75, 3.05) is 0 Å². The average molecular weight is 267 g/mol. The molecule has 15 heavy (non-hydrogen) atoms. The lowest BCUT2D eigenvalue weighted by molar-refractivity contribution is -0.117. The maximum Gasteiger partial charge on any atom is 0.275 e. The molecule has 1 aliphatic heterocycles. The Hall–Kier alpha value is -1.62. The molecular formula is C10H7BrN2O2. The molecule has 5 heteroatoms. The molecule has 0 spiro atoms. The Labute approximate surface area is 94.5 Å². The minimum Gasteiger partial charge on any atom is -0.267 e. The molecule has 76 valence electrons. The second kappa shape index (κ2) is 3.86. The monoisotopic (exact) mass is 266 g/mol. The predicted octanol–water partition coefficient (Wildman–Crippen LogP) is 0.993. The molecule has 0 saturated carbocycles. The minimum atomic E-state index is -0.400. The van der Waals surface area contributed by atoms with E-state index in [2.05, 4.69) is 26.8 Å². The number of hydrogen-bond donors (Lipinski definition) is 2. The first-order valence-electron chi connectivity index (χ1n) is 4.25. The van der Waals surface area contributed by atoms with Gasteiger partial charge in [0.1, 0.15) is 5.57 Å². The van der Waals surface area contributed by atoms with Gasteiger partial charge in [0.15, 0.2) is 0 Å². The van der Waals surface area contributed by atoms with E-state index in [1.54, 1.807) is 6.08 Å². The van der Waals surface area contributed by atoms with Crippen molar-refractivity contribution in [2.24, 2.45) is 0 Å². The molecule has 1 aromatic carbocycles. The fraction of sp³-hybridized carbons (Fsp3) is 0. The second-order valence-electron chi connectivity index (χ2n) is 3.02. The average Bonchev–Trinajstić information content (AvgIpc) is 2.53. The van der Waals surface area contributed by atoms with E-state index < -0.39 is 11.8 Å². The number of amides is 2. The lowest BCUT2D eigenvalue weighted by Crippen LogP contribution is -2.28. The summed E-state index contributed by atoms with van der Waals surface area (Å²) in [6.07, 6.45) is 1.55. The van der Waals surface area contributed by atoms with Gasteiger partial charge in [-0.2, -0.15) is 0 Å². The lowest BCUT2D eigenvalue weighted by Gasteiger charge is -1.94. The highest BCUT2D eigenvalue weighted by Gasteiger charge is 2.24. The van der Waals surface area contributed by atoms with E-state index in [4.69, 9.17) is 0 Å². The third-order valence-corrected chi connectivity index (χ3v) is 2.49. The van der Waals surface area contributed by atoms with Gasteiger partial charge in [-0.15, -0.1) is 0 Å². The zero-order valence-electron chi connectivity index (χ0n) is 7.58. The standard InChI is InChI=1S/C10H7BrN2O2/c11-7-3-1-6(2-4-7)5-8-9(14)12-13-10(8)15/h1-5H,(H,12,14)(H,13,15). The van der Waals surface area contributed by atoms with E-state index in [1.807, 2.05) is 24.3 Å². The van der Waals surface area contributed by atoms with Crippen molar-refractivity contribution < 1.29 is 9.59 Å². The van der Waals surface area contributed by atoms with Gasteiger partial charge < -0.3 is 0 Å². The highest BCUT2D eigenvalue weighted by molar-refractivity contribution is 9.10. The highest BCUT2D eigenvalue weighted by Crippen LogP contribution is 2.14. The van der Waals surface area contributed by atoms with Crippen molar-refractivity contribution >= 4 is 33.8 Å². The summed E-state index contributed by atoms with van der Waals surface area (Å²) in [5.74, 6) is -0.800. The Morgan fingerprint density at radius 3 is 2.07 bits per heavy atom. The van der Waals surface area contributed by atoms with Gasteiger partial charge in [-0.05, 0) is 23.8 Å². The third-order valence-electron chi connectivity index (χ3n) is 1.96. The number of benzene rings is 1. The van der Waals surface area contributed by atoms with E-state index in [0.717, 1.165) is 10.0 Å². The molecule has 0 aromatic heterocycles. The number of halogens is 1. The smallest absolute Gasteiger partial charge is 0.267 e. The molecule has 1 fully saturated rings. The zero-order chi connectivity index (χ0) is 10.8. The largest absolute Gasteiger partial charge is 0.275 e. The molecule has 0 unspecified atom stereocenters. The van der Waals surface area contributed by atoms with Crippen LogP contribution in [0.4, 0.5) is 0 Å². The van der Waals surface area contributed by atoms with E-state index in [1.165, 1.54) is 0 Å². The minimum absolute atomic E-state index is 0.123. The van der Waals surface area contributed by atoms with Crippen LogP contribution in [0.1, 0.15) is 5.56 Å². The number of nitrogens with one attached hydrogen (secondary N) is 2. The van der Waals surface area contributed by atoms with E-state index in [0.29, 0.717) is 0 Å². The number of carbonyl (C=O) groups is 2. The van der Waals surface area contributed by atoms with Crippen LogP contribution in [0, 0.1) is 0 Å². The van der Waals surface area contributed by atoms with Crippen molar-refractivity contribution in [3.8, 4) is 0 Å². The number of carbonyl (C=O) groups excluding carboxylic acids is 2. The third kappa shape index (κ3) is 2.07. The summed E-state index contributed by atoms with van der Waals surface area (Å²) < 4.78 is 0.949. The van der Waals surface area contributed by atoms with Crippen LogP contribution in [0.5, 0.6) is 0 Å². The van der Waals surface area contributed by atoms with Crippen molar-refractivity contribution in [1.82, 2.24) is 10.9 Å². The van der Waals surface area contributed by atoms with Crippen molar-refractivity contribution in [3.63, 3.8) is 0 Å². The van der Waals surface area contributed by atoms with Crippen molar-refractivity contribution in [1.29, 1.82) is 0 Å². The molecule has 1 aliphatic rings. The van der Waals surface area contributed by atoms with Gasteiger partial charge in [0, 0.05) is 4.47 Å². The summed E-state index contributed by atoms with van der Waals surface area (Å²) in [7, 11) is 0. The fourth-order valence-electron chi connectivity index (χ4n) is 1.21. The zero-order valence-corrected chi connectivity index (χ0v) is 9.17. The maximum atomic E-state index is 11.2. The van der Waals surface area contributed by atoms with Gasteiger partial charge in [-0.3, -0.25) is 20.4 Å². The summed E-state index contributed by atoms with van der Waals surface area (Å²) >= 11 is 3.30. The van der Waals surface area contributed by atoms with Gasteiger partial charge >= 0.3 is 0 Å². The van der Waals surface area contributed by atoms with Gasteiger partial charge in [0.25, 0.3) is 11.8 Å². The number of hydrazine groups is 1. The van der Waals surface area contributed by atoms with Crippen LogP contribution in [-0.2, 0) is 9.59 Å². The van der Waals surface area contributed by atoms with Crippen LogP contribution < -0.4 is 10.9 Å². The normalized spacial score (nSPS) is 14.9. The molecule has 2 amide bonds. The van der Waals surface area contributed by atoms with E-state index in [9.17, 15) is 9.59 Å². The Morgan fingerprint density at radius 1 is 1.00 bits per heavy atom. The molecule has 0 radical (unpaired) electrons. The molecule has 2 N–H and O–H groups in total. The second-order valence-corrected chi connectivity index (χ2v) is 3.93. The molecule has 2 rings (SSSR count). The van der Waals surface area contributed by atoms with Crippen LogP contribution in [0.25, 0.3) is 6.08 Å². The van der Waals surface area contributed by atoms with Crippen LogP contribution in [0.2, 0.25) is 0 Å². The topological polar surface area (TPSA) is 58.2 Å². The first-order valence-corrected chi connectivity index (χ1v) is 5.04. The van der Waals surface area contributed by atoms with Gasteiger partial charge in [-0.1, -0.05) is 28.1 Å². The summed E-state index contributed by atoms with van der Waals surface area (Å²) in [6, 6.07) is 7.32. The molecular weight excluding hydrogens is 260 g/mol. The molecule has 1 aromatic rings. The SMILES string of the molecule is O=C1NNC(=O)C1=Cc1ccc(Br)cc1. The van der Waals surface area contributed by atoms with Gasteiger partial charge in [0.2, 0.25) is 0 Å². The van der Waals surface area contributed by atoms with Crippen molar-refractivity contribution in [2.45, 2.75) is 0 Å². The van der Waals surface area contributed by atoms with Crippen molar-refractivity contribution in [3.05, 3.63) is 39.9 Å². The Kier molecular flexibility index (Phi) is 2.55. The summed E-state index contributed by atoms with van der Waals surface area (Å²) in [4.78, 5) is 22.4. The molecule has 0 bridgehead atoms. The van der Waals surface area contributed by atoms with Gasteiger partial charge in [0.05, 0.1) is 0 Å². The Bertz CT molecular complexity index is 433. The summed E-state index contributed by atoms with van der Waals surface area (Å²) in [5.41, 5.74) is 5.40. The summed E-state index contributed by atoms with van der Waals surface area (Å²) in [5, 5.41) is 0. The Balaban J connectivity index is 2.33. The van der Waals surface area contributed by atoms with Crippen LogP contribution in [-0.4, -0.2) is 11.8 Å². The van der Waals surface area contributed by atoms with Crippen LogP contribution >= 0.6 is 15.9 Å². The first kappa shape index (κ1) is 9.92. The molecule has 1 heterocycles. The molecule has 0 atom stereocenters. The van der Waals surface area contributed by atoms with Crippen LogP contribution in [0.3, 0.4) is 0 Å². The summed E-state index contributed by atoms with van der Waals surface area (Å²) in [6.45, 7) is 0. The Morgan fingerprint density at radius 2 is 1.53 bits per heavy atom. The highest BCUT2D eigenvalue weighted by atomic mass is 79.9. The van der Waals surface area contributed by atoms with Crippen LogP contribution in [0.15, 0.2) is 34.3 Å². The lowest BCUT2D eigenvalue weighted by atomic mass is 10.1. The van der Waals surface area contributed by atoms with E-state index in [-0.39, 0.29) is 5.57 Å². The van der Waals surface area contributed by atoms with E-state index >= 15 is 0 Å². The molecule has 1 saturated heterocycles. The fourth-order valence-corrected chi connectivity index (χ4v) is 1.47. The predicted molar refractivity (Wildman–Crippen MR) is 58.4 cm³/mol.